The molecule has 0 aliphatic carbocycles. The molecule has 0 aliphatic rings. The molecule has 20 heavy (non-hydrogen) atoms. The van der Waals surface area contributed by atoms with E-state index in [1.165, 1.54) is 18.3 Å². The predicted molar refractivity (Wildman–Crippen MR) is 66.4 cm³/mol. The van der Waals surface area contributed by atoms with E-state index in [1.54, 1.807) is 6.07 Å². The van der Waals surface area contributed by atoms with Crippen LogP contribution < -0.4 is 0 Å². The second-order valence-corrected chi connectivity index (χ2v) is 4.70. The lowest BCUT2D eigenvalue weighted by Gasteiger charge is -2.05. The van der Waals surface area contributed by atoms with Crippen LogP contribution in [0.2, 0.25) is 0 Å². The van der Waals surface area contributed by atoms with Crippen molar-refractivity contribution in [2.75, 3.05) is 0 Å². The smallest absolute Gasteiger partial charge is 0.335 e. The van der Waals surface area contributed by atoms with E-state index >= 15 is 0 Å². The molecule has 7 heteroatoms. The number of carbonyl (C=O) groups is 1. The van der Waals surface area contributed by atoms with Gasteiger partial charge in [-0.05, 0) is 24.3 Å². The van der Waals surface area contributed by atoms with E-state index < -0.39 is 17.6 Å². The predicted octanol–water partition coefficient (Wildman–Crippen LogP) is 3.08. The third-order valence-corrected chi connectivity index (χ3v) is 3.34. The van der Waals surface area contributed by atoms with E-state index in [9.17, 15) is 13.6 Å². The number of hydrogen-bond acceptors (Lipinski definition) is 4. The van der Waals surface area contributed by atoms with Gasteiger partial charge < -0.3 is 5.11 Å². The van der Waals surface area contributed by atoms with Crippen molar-refractivity contribution in [2.45, 2.75) is 9.92 Å². The first-order valence-corrected chi connectivity index (χ1v) is 6.09. The van der Waals surface area contributed by atoms with Crippen molar-refractivity contribution in [3.8, 4) is 6.07 Å². The molecule has 0 fully saturated rings. The molecule has 0 unspecified atom stereocenters. The maximum atomic E-state index is 13.7. The molecule has 1 heterocycles. The van der Waals surface area contributed by atoms with Crippen molar-refractivity contribution in [1.82, 2.24) is 4.98 Å². The first kappa shape index (κ1) is 14.0. The van der Waals surface area contributed by atoms with Crippen LogP contribution in [0.4, 0.5) is 8.78 Å². The third-order valence-electron chi connectivity index (χ3n) is 2.32. The Balaban J connectivity index is 2.38. The Morgan fingerprint density at radius 3 is 2.50 bits per heavy atom. The molecule has 2 rings (SSSR count). The summed E-state index contributed by atoms with van der Waals surface area (Å²) in [6.07, 6.45) is 1.24. The maximum absolute atomic E-state index is 13.7. The standard InChI is InChI=1S/C13H6F2N2O2S/c14-9-3-7(6-16)4-10(15)12(9)20-11-5-8(13(18)19)1-2-17-11/h1-5H,(H,18,19). The number of benzene rings is 1. The highest BCUT2D eigenvalue weighted by molar-refractivity contribution is 7.99. The highest BCUT2D eigenvalue weighted by Gasteiger charge is 2.14. The summed E-state index contributed by atoms with van der Waals surface area (Å²) in [4.78, 5) is 14.3. The summed E-state index contributed by atoms with van der Waals surface area (Å²) in [5.41, 5.74) is -0.159. The van der Waals surface area contributed by atoms with Crippen LogP contribution in [0.3, 0.4) is 0 Å². The zero-order chi connectivity index (χ0) is 14.7. The van der Waals surface area contributed by atoms with Gasteiger partial charge in [0.1, 0.15) is 16.7 Å². The summed E-state index contributed by atoms with van der Waals surface area (Å²) in [7, 11) is 0. The van der Waals surface area contributed by atoms with Gasteiger partial charge in [0.2, 0.25) is 0 Å². The number of nitrogens with zero attached hydrogens (tertiary/aromatic N) is 2. The number of carboxylic acid groups (broad SMARTS) is 1. The van der Waals surface area contributed by atoms with Crippen LogP contribution >= 0.6 is 11.8 Å². The zero-order valence-electron chi connectivity index (χ0n) is 9.80. The topological polar surface area (TPSA) is 74.0 Å². The molecule has 0 atom stereocenters. The minimum Gasteiger partial charge on any atom is -0.478 e. The lowest BCUT2D eigenvalue weighted by atomic mass is 10.2. The summed E-state index contributed by atoms with van der Waals surface area (Å²) in [6.45, 7) is 0. The van der Waals surface area contributed by atoms with Crippen LogP contribution in [0.5, 0.6) is 0 Å². The molecule has 100 valence electrons. The van der Waals surface area contributed by atoms with Gasteiger partial charge in [-0.15, -0.1) is 0 Å². The number of aromatic nitrogens is 1. The van der Waals surface area contributed by atoms with E-state index in [0.29, 0.717) is 11.8 Å². The van der Waals surface area contributed by atoms with Crippen LogP contribution in [0.25, 0.3) is 0 Å². The molecule has 0 spiro atoms. The van der Waals surface area contributed by atoms with Crippen LogP contribution in [0, 0.1) is 23.0 Å². The van der Waals surface area contributed by atoms with Crippen molar-refractivity contribution in [2.24, 2.45) is 0 Å². The normalized spacial score (nSPS) is 10.1. The van der Waals surface area contributed by atoms with Crippen molar-refractivity contribution in [1.29, 1.82) is 5.26 Å². The SMILES string of the molecule is N#Cc1cc(F)c(Sc2cc(C(=O)O)ccn2)c(F)c1. The van der Waals surface area contributed by atoms with E-state index in [1.807, 2.05) is 0 Å². The van der Waals surface area contributed by atoms with Gasteiger partial charge >= 0.3 is 5.97 Å². The lowest BCUT2D eigenvalue weighted by Crippen LogP contribution is -1.97. The van der Waals surface area contributed by atoms with Crippen LogP contribution in [-0.4, -0.2) is 16.1 Å². The molecule has 1 aromatic heterocycles. The van der Waals surface area contributed by atoms with Gasteiger partial charge in [0, 0.05) is 6.20 Å². The number of aromatic carboxylic acids is 1. The van der Waals surface area contributed by atoms with Gasteiger partial charge in [0.05, 0.1) is 22.1 Å². The minimum absolute atomic E-state index is 0.0306. The molecule has 0 amide bonds. The first-order valence-electron chi connectivity index (χ1n) is 5.27. The molecular weight excluding hydrogens is 286 g/mol. The molecule has 1 N–H and O–H groups in total. The number of rotatable bonds is 3. The van der Waals surface area contributed by atoms with Gasteiger partial charge in [-0.2, -0.15) is 5.26 Å². The molecule has 0 bridgehead atoms. The Kier molecular flexibility index (Phi) is 3.96. The number of carboxylic acids is 1. The third kappa shape index (κ3) is 2.92. The number of hydrogen-bond donors (Lipinski definition) is 1. The summed E-state index contributed by atoms with van der Waals surface area (Å²) < 4.78 is 27.4. The van der Waals surface area contributed by atoms with E-state index in [0.717, 1.165) is 12.1 Å². The Morgan fingerprint density at radius 2 is 1.95 bits per heavy atom. The zero-order valence-corrected chi connectivity index (χ0v) is 10.6. The summed E-state index contributed by atoms with van der Waals surface area (Å²) >= 11 is 0.658. The van der Waals surface area contributed by atoms with Crippen molar-refractivity contribution in [3.63, 3.8) is 0 Å². The average molecular weight is 292 g/mol. The fraction of sp³-hybridized carbons (Fsp3) is 0. The number of nitriles is 1. The number of halogens is 2. The highest BCUT2D eigenvalue weighted by Crippen LogP contribution is 2.31. The fourth-order valence-corrected chi connectivity index (χ4v) is 2.25. The van der Waals surface area contributed by atoms with E-state index in [-0.39, 0.29) is 21.0 Å². The Labute approximate surface area is 116 Å². The van der Waals surface area contributed by atoms with Crippen LogP contribution in [0.1, 0.15) is 15.9 Å². The quantitative estimate of drug-likeness (QED) is 0.941. The minimum atomic E-state index is -1.16. The van der Waals surface area contributed by atoms with Crippen LogP contribution in [0.15, 0.2) is 40.4 Å². The Bertz CT molecular complexity index is 706. The Hall–Kier alpha value is -2.46. The van der Waals surface area contributed by atoms with Crippen molar-refractivity contribution >= 4 is 17.7 Å². The summed E-state index contributed by atoms with van der Waals surface area (Å²) in [6, 6.07) is 5.95. The molecule has 0 aliphatic heterocycles. The summed E-state index contributed by atoms with van der Waals surface area (Å²) in [5.74, 6) is -2.95. The second kappa shape index (κ2) is 5.67. The van der Waals surface area contributed by atoms with Gasteiger partial charge in [0.25, 0.3) is 0 Å². The average Bonchev–Trinajstić information content (AvgIpc) is 2.42. The molecule has 0 saturated carbocycles. The van der Waals surface area contributed by atoms with Gasteiger partial charge in [0.15, 0.2) is 0 Å². The summed E-state index contributed by atoms with van der Waals surface area (Å²) in [5, 5.41) is 17.6. The monoisotopic (exact) mass is 292 g/mol. The first-order chi connectivity index (χ1) is 9.51. The highest BCUT2D eigenvalue weighted by atomic mass is 32.2. The Morgan fingerprint density at radius 1 is 1.30 bits per heavy atom. The molecule has 0 saturated heterocycles. The van der Waals surface area contributed by atoms with E-state index in [4.69, 9.17) is 10.4 Å². The maximum Gasteiger partial charge on any atom is 0.335 e. The molecule has 0 radical (unpaired) electrons. The largest absolute Gasteiger partial charge is 0.478 e. The fourth-order valence-electron chi connectivity index (χ4n) is 1.42. The second-order valence-electron chi connectivity index (χ2n) is 3.67. The lowest BCUT2D eigenvalue weighted by molar-refractivity contribution is 0.0696. The molecule has 1 aromatic carbocycles. The van der Waals surface area contributed by atoms with Gasteiger partial charge in [-0.1, -0.05) is 11.8 Å². The number of pyridine rings is 1. The molecular formula is C13H6F2N2O2S. The van der Waals surface area contributed by atoms with Crippen LogP contribution in [-0.2, 0) is 0 Å². The molecule has 2 aromatic rings. The van der Waals surface area contributed by atoms with Gasteiger partial charge in [-0.25, -0.2) is 18.6 Å². The van der Waals surface area contributed by atoms with Crippen molar-refractivity contribution < 1.29 is 18.7 Å². The van der Waals surface area contributed by atoms with Crippen molar-refractivity contribution in [3.05, 3.63) is 53.2 Å². The van der Waals surface area contributed by atoms with E-state index in [2.05, 4.69) is 4.98 Å². The molecule has 4 nitrogen and oxygen atoms in total. The van der Waals surface area contributed by atoms with Gasteiger partial charge in [-0.3, -0.25) is 0 Å².